The second-order valence-electron chi connectivity index (χ2n) is 7.89. The molecule has 1 fully saturated rings. The molecule has 31 heavy (non-hydrogen) atoms. The van der Waals surface area contributed by atoms with Crippen LogP contribution in [0.15, 0.2) is 42.5 Å². The van der Waals surface area contributed by atoms with Crippen molar-refractivity contribution in [1.29, 1.82) is 0 Å². The maximum atomic E-state index is 12.6. The predicted molar refractivity (Wildman–Crippen MR) is 128 cm³/mol. The van der Waals surface area contributed by atoms with E-state index in [2.05, 4.69) is 10.6 Å². The molecule has 1 aliphatic heterocycles. The summed E-state index contributed by atoms with van der Waals surface area (Å²) in [5, 5.41) is 6.87. The quantitative estimate of drug-likeness (QED) is 0.613. The average molecular weight is 442 g/mol. The van der Waals surface area contributed by atoms with Crippen LogP contribution >= 0.6 is 12.2 Å². The second kappa shape index (κ2) is 11.0. The van der Waals surface area contributed by atoms with E-state index in [4.69, 9.17) is 21.7 Å². The van der Waals surface area contributed by atoms with Crippen LogP contribution in [0, 0.1) is 0 Å². The highest BCUT2D eigenvalue weighted by atomic mass is 32.1. The number of rotatable bonds is 7. The molecular weight excluding hydrogens is 410 g/mol. The van der Waals surface area contributed by atoms with Gasteiger partial charge in [0.25, 0.3) is 5.91 Å². The SMILES string of the molecule is COc1cc(CNC(=S)Nc2ccc(C(=O)N3CCCCC3)cc2)ccc1OC(C)C. The van der Waals surface area contributed by atoms with Gasteiger partial charge in [-0.15, -0.1) is 0 Å². The van der Waals surface area contributed by atoms with Gasteiger partial charge in [-0.2, -0.15) is 0 Å². The monoisotopic (exact) mass is 441 g/mol. The molecule has 2 N–H and O–H groups in total. The Morgan fingerprint density at radius 2 is 1.77 bits per heavy atom. The summed E-state index contributed by atoms with van der Waals surface area (Å²) in [7, 11) is 1.63. The number of thiocarbonyl (C=S) groups is 1. The first kappa shape index (κ1) is 22.9. The van der Waals surface area contributed by atoms with Gasteiger partial charge in [-0.1, -0.05) is 6.07 Å². The van der Waals surface area contributed by atoms with Crippen LogP contribution in [0.3, 0.4) is 0 Å². The third kappa shape index (κ3) is 6.59. The number of nitrogens with zero attached hydrogens (tertiary/aromatic N) is 1. The molecule has 0 spiro atoms. The van der Waals surface area contributed by atoms with Gasteiger partial charge < -0.3 is 25.0 Å². The molecule has 0 radical (unpaired) electrons. The minimum atomic E-state index is 0.0798. The first-order valence-electron chi connectivity index (χ1n) is 10.7. The zero-order valence-corrected chi connectivity index (χ0v) is 19.3. The molecule has 0 atom stereocenters. The van der Waals surface area contributed by atoms with Gasteiger partial charge in [-0.05, 0) is 87.3 Å². The van der Waals surface area contributed by atoms with Crippen LogP contribution in [0.25, 0.3) is 0 Å². The van der Waals surface area contributed by atoms with Crippen molar-refractivity contribution in [2.24, 2.45) is 0 Å². The van der Waals surface area contributed by atoms with Gasteiger partial charge in [0.1, 0.15) is 0 Å². The lowest BCUT2D eigenvalue weighted by molar-refractivity contribution is 0.0724. The minimum Gasteiger partial charge on any atom is -0.493 e. The molecule has 0 aromatic heterocycles. The molecule has 2 aromatic rings. The van der Waals surface area contributed by atoms with E-state index >= 15 is 0 Å². The van der Waals surface area contributed by atoms with E-state index in [0.29, 0.717) is 23.0 Å². The molecule has 1 amide bonds. The highest BCUT2D eigenvalue weighted by molar-refractivity contribution is 7.80. The summed E-state index contributed by atoms with van der Waals surface area (Å²) in [6.45, 7) is 6.21. The van der Waals surface area contributed by atoms with Gasteiger partial charge >= 0.3 is 0 Å². The summed E-state index contributed by atoms with van der Waals surface area (Å²) in [4.78, 5) is 14.5. The number of benzene rings is 2. The molecule has 0 bridgehead atoms. The summed E-state index contributed by atoms with van der Waals surface area (Å²) >= 11 is 5.41. The lowest BCUT2D eigenvalue weighted by atomic mass is 10.1. The number of ether oxygens (including phenoxy) is 2. The second-order valence-corrected chi connectivity index (χ2v) is 8.30. The number of carbonyl (C=O) groups excluding carboxylic acids is 1. The Morgan fingerprint density at radius 1 is 1.06 bits per heavy atom. The molecule has 0 saturated carbocycles. The number of nitrogens with one attached hydrogen (secondary N) is 2. The van der Waals surface area contributed by atoms with E-state index in [0.717, 1.165) is 42.9 Å². The Morgan fingerprint density at radius 3 is 2.42 bits per heavy atom. The number of methoxy groups -OCH3 is 1. The number of likely N-dealkylation sites (tertiary alicyclic amines) is 1. The fourth-order valence-electron chi connectivity index (χ4n) is 3.51. The van der Waals surface area contributed by atoms with Crippen molar-refractivity contribution < 1.29 is 14.3 Å². The van der Waals surface area contributed by atoms with Crippen molar-refractivity contribution in [3.8, 4) is 11.5 Å². The maximum Gasteiger partial charge on any atom is 0.253 e. The average Bonchev–Trinajstić information content (AvgIpc) is 2.78. The summed E-state index contributed by atoms with van der Waals surface area (Å²) < 4.78 is 11.2. The van der Waals surface area contributed by atoms with Gasteiger partial charge in [0.2, 0.25) is 0 Å². The third-order valence-electron chi connectivity index (χ3n) is 5.08. The Bertz CT molecular complexity index is 893. The van der Waals surface area contributed by atoms with Gasteiger partial charge in [0.05, 0.1) is 13.2 Å². The lowest BCUT2D eigenvalue weighted by Crippen LogP contribution is -2.35. The standard InChI is InChI=1S/C24H31N3O3S/c1-17(2)30-21-12-7-18(15-22(21)29-3)16-25-24(31)26-20-10-8-19(9-11-20)23(28)27-13-5-4-6-14-27/h7-12,15,17H,4-6,13-14,16H2,1-3H3,(H2,25,26,31). The van der Waals surface area contributed by atoms with Crippen LogP contribution in [0.4, 0.5) is 5.69 Å². The van der Waals surface area contributed by atoms with E-state index in [1.165, 1.54) is 6.42 Å². The molecule has 1 aliphatic rings. The topological polar surface area (TPSA) is 62.8 Å². The van der Waals surface area contributed by atoms with Crippen molar-refractivity contribution in [2.75, 3.05) is 25.5 Å². The van der Waals surface area contributed by atoms with Crippen LogP contribution in [0.1, 0.15) is 49.0 Å². The van der Waals surface area contributed by atoms with Gasteiger partial charge in [-0.25, -0.2) is 0 Å². The third-order valence-corrected chi connectivity index (χ3v) is 5.32. The van der Waals surface area contributed by atoms with E-state index in [1.807, 2.05) is 61.2 Å². The zero-order chi connectivity index (χ0) is 22.2. The zero-order valence-electron chi connectivity index (χ0n) is 18.4. The van der Waals surface area contributed by atoms with Crippen molar-refractivity contribution in [3.05, 3.63) is 53.6 Å². The Hall–Kier alpha value is -2.80. The highest BCUT2D eigenvalue weighted by Gasteiger charge is 2.17. The number of carbonyl (C=O) groups is 1. The minimum absolute atomic E-state index is 0.0798. The van der Waals surface area contributed by atoms with Gasteiger partial charge in [0.15, 0.2) is 16.6 Å². The summed E-state index contributed by atoms with van der Waals surface area (Å²) in [5.41, 5.74) is 2.58. The normalized spacial score (nSPS) is 13.6. The largest absolute Gasteiger partial charge is 0.493 e. The molecule has 1 saturated heterocycles. The molecule has 1 heterocycles. The maximum absolute atomic E-state index is 12.6. The highest BCUT2D eigenvalue weighted by Crippen LogP contribution is 2.29. The first-order valence-corrected chi connectivity index (χ1v) is 11.1. The van der Waals surface area contributed by atoms with Crippen LogP contribution < -0.4 is 20.1 Å². The fourth-order valence-corrected chi connectivity index (χ4v) is 3.70. The Balaban J connectivity index is 1.52. The Kier molecular flexibility index (Phi) is 8.12. The van der Waals surface area contributed by atoms with Crippen molar-refractivity contribution in [3.63, 3.8) is 0 Å². The van der Waals surface area contributed by atoms with E-state index in [9.17, 15) is 4.79 Å². The van der Waals surface area contributed by atoms with Crippen LogP contribution in [0.5, 0.6) is 11.5 Å². The van der Waals surface area contributed by atoms with Crippen molar-refractivity contribution in [2.45, 2.75) is 45.8 Å². The smallest absolute Gasteiger partial charge is 0.253 e. The summed E-state index contributed by atoms with van der Waals surface area (Å²) in [5.74, 6) is 1.52. The number of piperidine rings is 1. The number of hydrogen-bond donors (Lipinski definition) is 2. The molecule has 7 heteroatoms. The molecule has 166 valence electrons. The van der Waals surface area contributed by atoms with Crippen LogP contribution in [-0.2, 0) is 6.54 Å². The van der Waals surface area contributed by atoms with Crippen molar-refractivity contribution >= 4 is 28.9 Å². The van der Waals surface area contributed by atoms with E-state index in [1.54, 1.807) is 7.11 Å². The molecule has 3 rings (SSSR count). The van der Waals surface area contributed by atoms with Crippen LogP contribution in [-0.4, -0.2) is 42.2 Å². The van der Waals surface area contributed by atoms with Gasteiger partial charge in [-0.3, -0.25) is 4.79 Å². The summed E-state index contributed by atoms with van der Waals surface area (Å²) in [6, 6.07) is 13.3. The Labute approximate surface area is 189 Å². The van der Waals surface area contributed by atoms with Crippen molar-refractivity contribution in [1.82, 2.24) is 10.2 Å². The molecule has 6 nitrogen and oxygen atoms in total. The fraction of sp³-hybridized carbons (Fsp3) is 0.417. The van der Waals surface area contributed by atoms with Gasteiger partial charge in [0, 0.05) is 30.9 Å². The number of amides is 1. The van der Waals surface area contributed by atoms with E-state index in [-0.39, 0.29) is 12.0 Å². The molecule has 2 aromatic carbocycles. The molecule has 0 aliphatic carbocycles. The molecular formula is C24H31N3O3S. The predicted octanol–water partition coefficient (Wildman–Crippen LogP) is 4.60. The van der Waals surface area contributed by atoms with Crippen LogP contribution in [0.2, 0.25) is 0 Å². The summed E-state index contributed by atoms with van der Waals surface area (Å²) in [6.07, 6.45) is 3.46. The lowest BCUT2D eigenvalue weighted by Gasteiger charge is -2.26. The number of anilines is 1. The first-order chi connectivity index (χ1) is 15.0. The number of hydrogen-bond acceptors (Lipinski definition) is 4. The molecule has 0 unspecified atom stereocenters. The van der Waals surface area contributed by atoms with E-state index < -0.39 is 0 Å².